The zero-order chi connectivity index (χ0) is 15.0. The van der Waals surface area contributed by atoms with Gasteiger partial charge < -0.3 is 21.3 Å². The second kappa shape index (κ2) is 11.1. The molecule has 1 heterocycles. The molecule has 1 atom stereocenters. The third-order valence-corrected chi connectivity index (χ3v) is 3.50. The maximum Gasteiger partial charge on any atom is 0.221 e. The number of primary amides is 1. The molecule has 7 heteroatoms. The van der Waals surface area contributed by atoms with Crippen LogP contribution in [0.3, 0.4) is 0 Å². The van der Waals surface area contributed by atoms with E-state index in [-0.39, 0.29) is 35.8 Å². The SMILES string of the molecule is CN=C(NCCCN1CCCC(C(N)=O)C1)NC(C)C.I. The van der Waals surface area contributed by atoms with Gasteiger partial charge in [-0.1, -0.05) is 0 Å². The molecule has 1 amide bonds. The van der Waals surface area contributed by atoms with Crippen molar-refractivity contribution in [3.8, 4) is 0 Å². The molecular weight excluding hydrogens is 381 g/mol. The van der Waals surface area contributed by atoms with E-state index < -0.39 is 0 Å². The van der Waals surface area contributed by atoms with Crippen LogP contribution in [-0.4, -0.2) is 56.0 Å². The van der Waals surface area contributed by atoms with Gasteiger partial charge in [0.25, 0.3) is 0 Å². The van der Waals surface area contributed by atoms with Crippen LogP contribution < -0.4 is 16.4 Å². The molecule has 124 valence electrons. The van der Waals surface area contributed by atoms with Crippen LogP contribution in [0.1, 0.15) is 33.1 Å². The molecule has 1 aliphatic heterocycles. The van der Waals surface area contributed by atoms with E-state index in [0.29, 0.717) is 6.04 Å². The van der Waals surface area contributed by atoms with Crippen LogP contribution in [0, 0.1) is 5.92 Å². The lowest BCUT2D eigenvalue weighted by atomic mass is 9.97. The van der Waals surface area contributed by atoms with E-state index in [2.05, 4.69) is 34.4 Å². The average Bonchev–Trinajstić information content (AvgIpc) is 2.42. The van der Waals surface area contributed by atoms with Gasteiger partial charge in [-0.15, -0.1) is 24.0 Å². The van der Waals surface area contributed by atoms with Crippen molar-refractivity contribution in [2.24, 2.45) is 16.6 Å². The molecule has 0 radical (unpaired) electrons. The smallest absolute Gasteiger partial charge is 0.221 e. The number of amides is 1. The fourth-order valence-corrected chi connectivity index (χ4v) is 2.47. The Hall–Kier alpha value is -0.570. The number of nitrogens with one attached hydrogen (secondary N) is 2. The highest BCUT2D eigenvalue weighted by molar-refractivity contribution is 14.0. The fraction of sp³-hybridized carbons (Fsp3) is 0.857. The standard InChI is InChI=1S/C14H29N5O.HI/c1-11(2)18-14(16-3)17-7-5-9-19-8-4-6-12(10-19)13(15)20;/h11-12H,4-10H2,1-3H3,(H2,15,20)(H2,16,17,18);1H. The Morgan fingerprint density at radius 2 is 2.19 bits per heavy atom. The molecule has 1 unspecified atom stereocenters. The Balaban J connectivity index is 0.00000400. The van der Waals surface area contributed by atoms with Crippen LogP contribution in [0.5, 0.6) is 0 Å². The predicted octanol–water partition coefficient (Wildman–Crippen LogP) is 0.765. The van der Waals surface area contributed by atoms with E-state index in [1.807, 2.05) is 0 Å². The third-order valence-electron chi connectivity index (χ3n) is 3.50. The molecule has 0 aliphatic carbocycles. The van der Waals surface area contributed by atoms with Crippen LogP contribution in [0.4, 0.5) is 0 Å². The summed E-state index contributed by atoms with van der Waals surface area (Å²) >= 11 is 0. The number of aliphatic imine (C=N–C) groups is 1. The number of nitrogens with two attached hydrogens (primary N) is 1. The number of likely N-dealkylation sites (tertiary alicyclic amines) is 1. The number of halogens is 1. The summed E-state index contributed by atoms with van der Waals surface area (Å²) in [6.07, 6.45) is 3.04. The highest BCUT2D eigenvalue weighted by atomic mass is 127. The van der Waals surface area contributed by atoms with Crippen molar-refractivity contribution in [3.63, 3.8) is 0 Å². The lowest BCUT2D eigenvalue weighted by Gasteiger charge is -2.31. The Labute approximate surface area is 145 Å². The summed E-state index contributed by atoms with van der Waals surface area (Å²) in [6, 6.07) is 0.375. The van der Waals surface area contributed by atoms with Gasteiger partial charge in [0.1, 0.15) is 0 Å². The highest BCUT2D eigenvalue weighted by Gasteiger charge is 2.23. The molecule has 0 aromatic carbocycles. The van der Waals surface area contributed by atoms with Gasteiger partial charge in [0.15, 0.2) is 5.96 Å². The zero-order valence-electron chi connectivity index (χ0n) is 13.4. The number of carbonyl (C=O) groups is 1. The van der Waals surface area contributed by atoms with Crippen molar-refractivity contribution >= 4 is 35.8 Å². The number of nitrogens with zero attached hydrogens (tertiary/aromatic N) is 2. The Bertz CT molecular complexity index is 335. The van der Waals surface area contributed by atoms with Gasteiger partial charge >= 0.3 is 0 Å². The van der Waals surface area contributed by atoms with Crippen LogP contribution in [0.2, 0.25) is 0 Å². The molecule has 21 heavy (non-hydrogen) atoms. The van der Waals surface area contributed by atoms with E-state index in [9.17, 15) is 4.79 Å². The summed E-state index contributed by atoms with van der Waals surface area (Å²) < 4.78 is 0. The summed E-state index contributed by atoms with van der Waals surface area (Å²) in [7, 11) is 1.78. The first-order chi connectivity index (χ1) is 9.52. The topological polar surface area (TPSA) is 82.8 Å². The monoisotopic (exact) mass is 411 g/mol. The second-order valence-electron chi connectivity index (χ2n) is 5.69. The summed E-state index contributed by atoms with van der Waals surface area (Å²) in [4.78, 5) is 17.7. The molecule has 0 bridgehead atoms. The summed E-state index contributed by atoms with van der Waals surface area (Å²) in [5, 5.41) is 6.55. The van der Waals surface area contributed by atoms with Crippen molar-refractivity contribution < 1.29 is 4.79 Å². The summed E-state index contributed by atoms with van der Waals surface area (Å²) in [5.74, 6) is 0.718. The van der Waals surface area contributed by atoms with Crippen molar-refractivity contribution in [3.05, 3.63) is 0 Å². The summed E-state index contributed by atoms with van der Waals surface area (Å²) in [6.45, 7) is 7.94. The lowest BCUT2D eigenvalue weighted by Crippen LogP contribution is -2.44. The van der Waals surface area contributed by atoms with Gasteiger partial charge in [-0.3, -0.25) is 9.79 Å². The van der Waals surface area contributed by atoms with Crippen LogP contribution in [0.25, 0.3) is 0 Å². The minimum atomic E-state index is -0.158. The van der Waals surface area contributed by atoms with Gasteiger partial charge in [-0.25, -0.2) is 0 Å². The van der Waals surface area contributed by atoms with Crippen molar-refractivity contribution in [2.75, 3.05) is 33.2 Å². The summed E-state index contributed by atoms with van der Waals surface area (Å²) in [5.41, 5.74) is 5.39. The largest absolute Gasteiger partial charge is 0.369 e. The minimum Gasteiger partial charge on any atom is -0.369 e. The van der Waals surface area contributed by atoms with Gasteiger partial charge in [-0.2, -0.15) is 0 Å². The Morgan fingerprint density at radius 3 is 2.76 bits per heavy atom. The number of rotatable bonds is 6. The predicted molar refractivity (Wildman–Crippen MR) is 98.0 cm³/mol. The molecule has 1 aliphatic rings. The van der Waals surface area contributed by atoms with Gasteiger partial charge in [0, 0.05) is 26.2 Å². The number of hydrogen-bond donors (Lipinski definition) is 3. The van der Waals surface area contributed by atoms with Crippen molar-refractivity contribution in [2.45, 2.75) is 39.2 Å². The molecule has 0 aromatic rings. The first-order valence-corrected chi connectivity index (χ1v) is 7.51. The zero-order valence-corrected chi connectivity index (χ0v) is 15.7. The average molecular weight is 411 g/mol. The van der Waals surface area contributed by atoms with Crippen LogP contribution in [0.15, 0.2) is 4.99 Å². The molecule has 0 saturated carbocycles. The molecule has 0 aromatic heterocycles. The molecule has 1 rings (SSSR count). The molecule has 0 spiro atoms. The van der Waals surface area contributed by atoms with Gasteiger partial charge in [0.05, 0.1) is 5.92 Å². The third kappa shape index (κ3) is 8.45. The van der Waals surface area contributed by atoms with Crippen molar-refractivity contribution in [1.29, 1.82) is 0 Å². The van der Waals surface area contributed by atoms with Gasteiger partial charge in [0.2, 0.25) is 5.91 Å². The highest BCUT2D eigenvalue weighted by Crippen LogP contribution is 2.15. The molecular formula is C14H30IN5O. The maximum absolute atomic E-state index is 11.2. The first-order valence-electron chi connectivity index (χ1n) is 7.51. The van der Waals surface area contributed by atoms with E-state index in [1.54, 1.807) is 7.05 Å². The lowest BCUT2D eigenvalue weighted by molar-refractivity contribution is -0.123. The van der Waals surface area contributed by atoms with E-state index in [0.717, 1.165) is 51.4 Å². The molecule has 1 fully saturated rings. The Kier molecular flexibility index (Phi) is 10.8. The quantitative estimate of drug-likeness (QED) is 0.261. The van der Waals surface area contributed by atoms with Crippen LogP contribution in [-0.2, 0) is 4.79 Å². The number of hydrogen-bond acceptors (Lipinski definition) is 3. The van der Waals surface area contributed by atoms with E-state index >= 15 is 0 Å². The van der Waals surface area contributed by atoms with Gasteiger partial charge in [-0.05, 0) is 46.2 Å². The van der Waals surface area contributed by atoms with E-state index in [4.69, 9.17) is 5.73 Å². The van der Waals surface area contributed by atoms with E-state index in [1.165, 1.54) is 0 Å². The second-order valence-corrected chi connectivity index (χ2v) is 5.69. The number of carbonyl (C=O) groups excluding carboxylic acids is 1. The fourth-order valence-electron chi connectivity index (χ4n) is 2.47. The van der Waals surface area contributed by atoms with Crippen molar-refractivity contribution in [1.82, 2.24) is 15.5 Å². The minimum absolute atomic E-state index is 0. The molecule has 6 nitrogen and oxygen atoms in total. The normalized spacial score (nSPS) is 20.0. The number of guanidine groups is 1. The maximum atomic E-state index is 11.2. The van der Waals surface area contributed by atoms with Crippen LogP contribution >= 0.6 is 24.0 Å². The molecule has 1 saturated heterocycles. The Morgan fingerprint density at radius 1 is 1.48 bits per heavy atom. The molecule has 4 N–H and O–H groups in total. The number of piperidine rings is 1. The first kappa shape index (κ1) is 20.4.